The van der Waals surface area contributed by atoms with Crippen molar-refractivity contribution in [1.29, 1.82) is 0 Å². The Morgan fingerprint density at radius 1 is 1.36 bits per heavy atom. The standard InChI is InChI=1S/C17H25BrN2O2/c1-2-10-22-17-5-4-16(18)13-15(17)14-19-6-3-7-20-8-11-21-12-9-20/h2,4-5,13,19H,1,3,6-12,14H2/p+2. The Kier molecular flexibility index (Phi) is 7.94. The summed E-state index contributed by atoms with van der Waals surface area (Å²) >= 11 is 3.53. The SMILES string of the molecule is C=CCOc1ccc(Br)cc1C[NH2+]CCC[NH+]1CCOCC1. The number of quaternary nitrogens is 2. The first-order valence-corrected chi connectivity index (χ1v) is 8.84. The zero-order chi connectivity index (χ0) is 15.6. The van der Waals surface area contributed by atoms with Gasteiger partial charge in [-0.15, -0.1) is 0 Å². The maximum Gasteiger partial charge on any atom is 0.128 e. The fraction of sp³-hybridized carbons (Fsp3) is 0.529. The molecular formula is C17H27BrN2O2+2. The summed E-state index contributed by atoms with van der Waals surface area (Å²) in [5, 5.41) is 2.36. The zero-order valence-corrected chi connectivity index (χ0v) is 14.7. The van der Waals surface area contributed by atoms with Gasteiger partial charge in [0.15, 0.2) is 0 Å². The van der Waals surface area contributed by atoms with Gasteiger partial charge in [-0.2, -0.15) is 0 Å². The summed E-state index contributed by atoms with van der Waals surface area (Å²) in [6, 6.07) is 6.18. The van der Waals surface area contributed by atoms with E-state index in [4.69, 9.17) is 9.47 Å². The zero-order valence-electron chi connectivity index (χ0n) is 13.2. The van der Waals surface area contributed by atoms with Crippen LogP contribution in [-0.4, -0.2) is 46.0 Å². The van der Waals surface area contributed by atoms with Crippen molar-refractivity contribution in [2.24, 2.45) is 0 Å². The predicted octanol–water partition coefficient (Wildman–Crippen LogP) is 0.383. The molecule has 1 aromatic carbocycles. The normalized spacial score (nSPS) is 15.7. The van der Waals surface area contributed by atoms with Crippen molar-refractivity contribution >= 4 is 15.9 Å². The van der Waals surface area contributed by atoms with Gasteiger partial charge in [-0.3, -0.25) is 0 Å². The van der Waals surface area contributed by atoms with Crippen LogP contribution in [0.1, 0.15) is 12.0 Å². The van der Waals surface area contributed by atoms with Crippen molar-refractivity contribution in [2.45, 2.75) is 13.0 Å². The number of hydrogen-bond donors (Lipinski definition) is 2. The van der Waals surface area contributed by atoms with E-state index >= 15 is 0 Å². The minimum Gasteiger partial charge on any atom is -0.489 e. The van der Waals surface area contributed by atoms with E-state index in [0.29, 0.717) is 6.61 Å². The lowest BCUT2D eigenvalue weighted by molar-refractivity contribution is -0.909. The third-order valence-electron chi connectivity index (χ3n) is 3.88. The number of ether oxygens (including phenoxy) is 2. The lowest BCUT2D eigenvalue weighted by Crippen LogP contribution is -3.14. The molecule has 0 aliphatic carbocycles. The summed E-state index contributed by atoms with van der Waals surface area (Å²) in [4.78, 5) is 1.68. The number of nitrogens with one attached hydrogen (secondary N) is 1. The Bertz CT molecular complexity index is 462. The molecule has 22 heavy (non-hydrogen) atoms. The number of halogens is 1. The molecule has 4 nitrogen and oxygen atoms in total. The quantitative estimate of drug-likeness (QED) is 0.487. The Morgan fingerprint density at radius 2 is 2.18 bits per heavy atom. The van der Waals surface area contributed by atoms with Gasteiger partial charge in [0.1, 0.15) is 32.0 Å². The molecule has 0 aromatic heterocycles. The first-order valence-electron chi connectivity index (χ1n) is 8.04. The number of nitrogens with two attached hydrogens (primary N) is 1. The number of hydrogen-bond acceptors (Lipinski definition) is 2. The van der Waals surface area contributed by atoms with E-state index in [9.17, 15) is 0 Å². The maximum absolute atomic E-state index is 5.72. The molecule has 0 atom stereocenters. The van der Waals surface area contributed by atoms with E-state index in [1.807, 2.05) is 12.1 Å². The molecule has 122 valence electrons. The summed E-state index contributed by atoms with van der Waals surface area (Å²) < 4.78 is 12.2. The van der Waals surface area contributed by atoms with Crippen LogP contribution in [0.15, 0.2) is 35.3 Å². The molecule has 0 saturated carbocycles. The average Bonchev–Trinajstić information content (AvgIpc) is 2.55. The summed E-state index contributed by atoms with van der Waals surface area (Å²) in [7, 11) is 0. The molecule has 0 amide bonds. The van der Waals surface area contributed by atoms with E-state index in [-0.39, 0.29) is 0 Å². The van der Waals surface area contributed by atoms with Crippen LogP contribution >= 0.6 is 15.9 Å². The van der Waals surface area contributed by atoms with Crippen molar-refractivity contribution in [1.82, 2.24) is 0 Å². The Hall–Kier alpha value is -0.880. The molecule has 0 radical (unpaired) electrons. The third-order valence-corrected chi connectivity index (χ3v) is 4.38. The van der Waals surface area contributed by atoms with Gasteiger partial charge in [0.2, 0.25) is 0 Å². The maximum atomic E-state index is 5.72. The van der Waals surface area contributed by atoms with Gasteiger partial charge >= 0.3 is 0 Å². The minimum absolute atomic E-state index is 0.551. The largest absolute Gasteiger partial charge is 0.489 e. The van der Waals surface area contributed by atoms with Crippen LogP contribution in [0.2, 0.25) is 0 Å². The van der Waals surface area contributed by atoms with Gasteiger partial charge < -0.3 is 19.7 Å². The van der Waals surface area contributed by atoms with Crippen molar-refractivity contribution in [3.05, 3.63) is 40.9 Å². The van der Waals surface area contributed by atoms with Crippen LogP contribution in [0, 0.1) is 0 Å². The molecule has 3 N–H and O–H groups in total. The molecule has 1 aliphatic rings. The van der Waals surface area contributed by atoms with Crippen molar-refractivity contribution in [2.75, 3.05) is 46.0 Å². The van der Waals surface area contributed by atoms with Crippen LogP contribution in [0.25, 0.3) is 0 Å². The number of rotatable bonds is 9. The van der Waals surface area contributed by atoms with Gasteiger partial charge in [0, 0.05) is 16.5 Å². The minimum atomic E-state index is 0.551. The van der Waals surface area contributed by atoms with E-state index in [1.165, 1.54) is 18.5 Å². The highest BCUT2D eigenvalue weighted by molar-refractivity contribution is 9.10. The molecule has 0 unspecified atom stereocenters. The van der Waals surface area contributed by atoms with Crippen LogP contribution < -0.4 is 15.0 Å². The highest BCUT2D eigenvalue weighted by atomic mass is 79.9. The number of morpholine rings is 1. The van der Waals surface area contributed by atoms with Crippen molar-refractivity contribution < 1.29 is 19.7 Å². The predicted molar refractivity (Wildman–Crippen MR) is 91.3 cm³/mol. The molecule has 2 rings (SSSR count). The van der Waals surface area contributed by atoms with Crippen LogP contribution in [0.3, 0.4) is 0 Å². The second-order valence-electron chi connectivity index (χ2n) is 5.60. The highest BCUT2D eigenvalue weighted by Crippen LogP contribution is 2.22. The molecule has 1 heterocycles. The molecular weight excluding hydrogens is 344 g/mol. The van der Waals surface area contributed by atoms with Crippen molar-refractivity contribution in [3.63, 3.8) is 0 Å². The molecule has 0 bridgehead atoms. The van der Waals surface area contributed by atoms with Gasteiger partial charge in [-0.05, 0) is 18.2 Å². The van der Waals surface area contributed by atoms with Gasteiger partial charge in [0.25, 0.3) is 0 Å². The lowest BCUT2D eigenvalue weighted by atomic mass is 10.2. The first-order chi connectivity index (χ1) is 10.8. The molecule has 5 heteroatoms. The van der Waals surface area contributed by atoms with Crippen LogP contribution in [0.5, 0.6) is 5.75 Å². The second-order valence-corrected chi connectivity index (χ2v) is 6.51. The van der Waals surface area contributed by atoms with E-state index in [2.05, 4.69) is 33.9 Å². The average molecular weight is 371 g/mol. The fourth-order valence-corrected chi connectivity index (χ4v) is 3.07. The Morgan fingerprint density at radius 3 is 2.95 bits per heavy atom. The van der Waals surface area contributed by atoms with Gasteiger partial charge in [0.05, 0.1) is 26.3 Å². The van der Waals surface area contributed by atoms with Gasteiger partial charge in [-0.25, -0.2) is 0 Å². The van der Waals surface area contributed by atoms with Gasteiger partial charge in [-0.1, -0.05) is 28.6 Å². The second kappa shape index (κ2) is 10.0. The Labute approximate surface area is 141 Å². The molecule has 1 aromatic rings. The third kappa shape index (κ3) is 6.08. The summed E-state index contributed by atoms with van der Waals surface area (Å²) in [5.74, 6) is 0.957. The molecule has 1 aliphatic heterocycles. The first kappa shape index (κ1) is 17.5. The summed E-state index contributed by atoms with van der Waals surface area (Å²) in [6.45, 7) is 11.8. The van der Waals surface area contributed by atoms with Crippen molar-refractivity contribution in [3.8, 4) is 5.75 Å². The Balaban J connectivity index is 1.71. The van der Waals surface area contributed by atoms with E-state index in [1.54, 1.807) is 11.0 Å². The van der Waals surface area contributed by atoms with E-state index in [0.717, 1.165) is 49.6 Å². The molecule has 1 fully saturated rings. The molecule has 0 spiro atoms. The van der Waals surface area contributed by atoms with Crippen LogP contribution in [0.4, 0.5) is 0 Å². The smallest absolute Gasteiger partial charge is 0.128 e. The summed E-state index contributed by atoms with van der Waals surface area (Å²) in [5.41, 5.74) is 1.23. The fourth-order valence-electron chi connectivity index (χ4n) is 2.66. The molecule has 1 saturated heterocycles. The monoisotopic (exact) mass is 370 g/mol. The topological polar surface area (TPSA) is 39.5 Å². The van der Waals surface area contributed by atoms with Crippen LogP contribution in [-0.2, 0) is 11.3 Å². The van der Waals surface area contributed by atoms with E-state index < -0.39 is 0 Å². The highest BCUT2D eigenvalue weighted by Gasteiger charge is 2.13. The summed E-state index contributed by atoms with van der Waals surface area (Å²) in [6.07, 6.45) is 3.02. The number of benzene rings is 1. The lowest BCUT2D eigenvalue weighted by Gasteiger charge is -2.23.